The molecule has 3 aromatic heterocycles. The number of rotatable bonds is 3. The summed E-state index contributed by atoms with van der Waals surface area (Å²) in [6.45, 7) is 1.51. The molecular weight excluding hydrogens is 347 g/mol. The van der Waals surface area contributed by atoms with Crippen LogP contribution in [0, 0.1) is 0 Å². The van der Waals surface area contributed by atoms with E-state index in [1.165, 1.54) is 0 Å². The summed E-state index contributed by atoms with van der Waals surface area (Å²) in [6, 6.07) is 7.37. The number of aromatic nitrogens is 4. The van der Waals surface area contributed by atoms with E-state index < -0.39 is 6.17 Å². The Morgan fingerprint density at radius 2 is 1.96 bits per heavy atom. The highest BCUT2D eigenvalue weighted by Crippen LogP contribution is 2.28. The second-order valence-corrected chi connectivity index (χ2v) is 6.74. The lowest BCUT2D eigenvalue weighted by atomic mass is 10.3. The summed E-state index contributed by atoms with van der Waals surface area (Å²) in [7, 11) is 0. The smallest absolute Gasteiger partial charge is 0.262 e. The molecule has 1 fully saturated rings. The number of carbonyl (C=O) groups is 1. The fourth-order valence-electron chi connectivity index (χ4n) is 3.56. The second kappa shape index (κ2) is 6.15. The van der Waals surface area contributed by atoms with Gasteiger partial charge in [0.25, 0.3) is 5.91 Å². The number of carbonyl (C=O) groups excluding carboxylic acids is 1. The largest absolute Gasteiger partial charge is 0.354 e. The quantitative estimate of drug-likeness (QED) is 0.714. The Balaban J connectivity index is 1.37. The first-order chi connectivity index (χ1) is 13.2. The van der Waals surface area contributed by atoms with Crippen molar-refractivity contribution in [3.05, 3.63) is 60.3 Å². The summed E-state index contributed by atoms with van der Waals surface area (Å²) in [4.78, 5) is 24.7. The SMILES string of the molecule is O=C1c2cn(-c3ccc(N4CC[C@@H](F)C4)nc3)nc2CN1c1ccncc1. The zero-order chi connectivity index (χ0) is 18.4. The van der Waals surface area contributed by atoms with Gasteiger partial charge < -0.3 is 9.80 Å². The number of fused-ring (bicyclic) bond motifs is 1. The fourth-order valence-corrected chi connectivity index (χ4v) is 3.56. The van der Waals surface area contributed by atoms with Crippen LogP contribution in [0.2, 0.25) is 0 Å². The van der Waals surface area contributed by atoms with Crippen molar-refractivity contribution in [1.29, 1.82) is 0 Å². The van der Waals surface area contributed by atoms with Crippen molar-refractivity contribution >= 4 is 17.4 Å². The molecular formula is C19H17FN6O. The number of hydrogen-bond acceptors (Lipinski definition) is 5. The summed E-state index contributed by atoms with van der Waals surface area (Å²) in [5.41, 5.74) is 2.91. The fraction of sp³-hybridized carbons (Fsp3) is 0.263. The van der Waals surface area contributed by atoms with Crippen molar-refractivity contribution in [2.24, 2.45) is 0 Å². The maximum atomic E-state index is 13.4. The second-order valence-electron chi connectivity index (χ2n) is 6.74. The molecule has 2 aliphatic heterocycles. The highest BCUT2D eigenvalue weighted by atomic mass is 19.1. The topological polar surface area (TPSA) is 67.2 Å². The minimum atomic E-state index is -0.782. The minimum Gasteiger partial charge on any atom is -0.354 e. The van der Waals surface area contributed by atoms with Crippen LogP contribution < -0.4 is 9.80 Å². The first kappa shape index (κ1) is 15.9. The van der Waals surface area contributed by atoms with Crippen LogP contribution >= 0.6 is 0 Å². The van der Waals surface area contributed by atoms with Crippen molar-refractivity contribution < 1.29 is 9.18 Å². The molecule has 2 aliphatic rings. The third kappa shape index (κ3) is 2.73. The van der Waals surface area contributed by atoms with Crippen LogP contribution in [0.4, 0.5) is 15.9 Å². The molecule has 0 N–H and O–H groups in total. The standard InChI is InChI=1S/C19H17FN6O/c20-13-5-8-24(10-13)18-2-1-15(9-22-18)26-11-16-17(23-26)12-25(19(16)27)14-3-6-21-7-4-14/h1-4,6-7,9,11,13H,5,8,10,12H2/t13-/m1/s1. The molecule has 27 heavy (non-hydrogen) atoms. The number of amides is 1. The highest BCUT2D eigenvalue weighted by molar-refractivity contribution is 6.09. The molecule has 0 aliphatic carbocycles. The van der Waals surface area contributed by atoms with Crippen LogP contribution in [0.5, 0.6) is 0 Å². The Hall–Kier alpha value is -3.29. The molecule has 1 saturated heterocycles. The van der Waals surface area contributed by atoms with Gasteiger partial charge in [-0.15, -0.1) is 0 Å². The number of pyridine rings is 2. The lowest BCUT2D eigenvalue weighted by molar-refractivity contribution is 0.0996. The molecule has 0 aromatic carbocycles. The van der Waals surface area contributed by atoms with Crippen molar-refractivity contribution in [2.75, 3.05) is 22.9 Å². The number of halogens is 1. The van der Waals surface area contributed by atoms with Crippen molar-refractivity contribution in [3.8, 4) is 5.69 Å². The molecule has 0 saturated carbocycles. The van der Waals surface area contributed by atoms with Gasteiger partial charge in [0.15, 0.2) is 0 Å². The van der Waals surface area contributed by atoms with E-state index in [0.717, 1.165) is 22.9 Å². The van der Waals surface area contributed by atoms with E-state index in [1.807, 2.05) is 17.0 Å². The van der Waals surface area contributed by atoms with Gasteiger partial charge in [-0.3, -0.25) is 9.78 Å². The van der Waals surface area contributed by atoms with E-state index in [2.05, 4.69) is 15.1 Å². The molecule has 5 rings (SSSR count). The molecule has 0 bridgehead atoms. The third-order valence-electron chi connectivity index (χ3n) is 5.00. The maximum absolute atomic E-state index is 13.4. The van der Waals surface area contributed by atoms with Gasteiger partial charge in [0.2, 0.25) is 0 Å². The van der Waals surface area contributed by atoms with Crippen LogP contribution in [0.15, 0.2) is 49.1 Å². The van der Waals surface area contributed by atoms with Crippen LogP contribution in [0.25, 0.3) is 5.69 Å². The Bertz CT molecular complexity index is 987. The van der Waals surface area contributed by atoms with E-state index in [1.54, 1.807) is 46.5 Å². The number of alkyl halides is 1. The van der Waals surface area contributed by atoms with E-state index in [-0.39, 0.29) is 5.91 Å². The molecule has 1 amide bonds. The predicted molar refractivity (Wildman–Crippen MR) is 97.8 cm³/mol. The van der Waals surface area contributed by atoms with E-state index in [9.17, 15) is 9.18 Å². The highest BCUT2D eigenvalue weighted by Gasteiger charge is 2.32. The average molecular weight is 364 g/mol. The molecule has 7 nitrogen and oxygen atoms in total. The zero-order valence-electron chi connectivity index (χ0n) is 14.5. The summed E-state index contributed by atoms with van der Waals surface area (Å²) >= 11 is 0. The Morgan fingerprint density at radius 3 is 2.63 bits per heavy atom. The molecule has 1 atom stereocenters. The lowest BCUT2D eigenvalue weighted by Crippen LogP contribution is -2.23. The van der Waals surface area contributed by atoms with Crippen LogP contribution in [-0.2, 0) is 6.54 Å². The number of hydrogen-bond donors (Lipinski definition) is 0. The van der Waals surface area contributed by atoms with Gasteiger partial charge in [-0.25, -0.2) is 14.1 Å². The number of anilines is 2. The molecule has 8 heteroatoms. The predicted octanol–water partition coefficient (Wildman–Crippen LogP) is 2.37. The zero-order valence-corrected chi connectivity index (χ0v) is 14.5. The van der Waals surface area contributed by atoms with Gasteiger partial charge >= 0.3 is 0 Å². The molecule has 5 heterocycles. The van der Waals surface area contributed by atoms with Crippen LogP contribution in [-0.4, -0.2) is 44.9 Å². The van der Waals surface area contributed by atoms with Gasteiger partial charge in [0.1, 0.15) is 12.0 Å². The van der Waals surface area contributed by atoms with Gasteiger partial charge in [-0.05, 0) is 30.7 Å². The van der Waals surface area contributed by atoms with Gasteiger partial charge in [-0.2, -0.15) is 5.10 Å². The molecule has 0 unspecified atom stereocenters. The van der Waals surface area contributed by atoms with Gasteiger partial charge in [0.05, 0.1) is 36.2 Å². The van der Waals surface area contributed by atoms with E-state index in [0.29, 0.717) is 31.6 Å². The molecule has 0 radical (unpaired) electrons. The Kier molecular flexibility index (Phi) is 3.63. The first-order valence-corrected chi connectivity index (χ1v) is 8.85. The average Bonchev–Trinajstić information content (AvgIpc) is 3.39. The van der Waals surface area contributed by atoms with Crippen molar-refractivity contribution in [1.82, 2.24) is 19.7 Å². The normalized spacial score (nSPS) is 19.0. The maximum Gasteiger partial charge on any atom is 0.262 e. The van der Waals surface area contributed by atoms with Gasteiger partial charge in [0, 0.05) is 30.8 Å². The molecule has 3 aromatic rings. The van der Waals surface area contributed by atoms with Gasteiger partial charge in [-0.1, -0.05) is 0 Å². The van der Waals surface area contributed by atoms with Crippen LogP contribution in [0.1, 0.15) is 22.5 Å². The first-order valence-electron chi connectivity index (χ1n) is 8.85. The van der Waals surface area contributed by atoms with Crippen molar-refractivity contribution in [2.45, 2.75) is 19.1 Å². The molecule has 0 spiro atoms. The Labute approximate surface area is 155 Å². The monoisotopic (exact) mass is 364 g/mol. The lowest BCUT2D eigenvalue weighted by Gasteiger charge is -2.16. The Morgan fingerprint density at radius 1 is 1.11 bits per heavy atom. The van der Waals surface area contributed by atoms with E-state index in [4.69, 9.17) is 0 Å². The minimum absolute atomic E-state index is 0.0712. The third-order valence-corrected chi connectivity index (χ3v) is 5.00. The molecule has 136 valence electrons. The summed E-state index contributed by atoms with van der Waals surface area (Å²) in [5, 5.41) is 4.55. The van der Waals surface area contributed by atoms with Crippen LogP contribution in [0.3, 0.4) is 0 Å². The summed E-state index contributed by atoms with van der Waals surface area (Å²) in [5.74, 6) is 0.691. The van der Waals surface area contributed by atoms with E-state index >= 15 is 0 Å². The van der Waals surface area contributed by atoms with Crippen molar-refractivity contribution in [3.63, 3.8) is 0 Å². The number of nitrogens with zero attached hydrogens (tertiary/aromatic N) is 6. The summed E-state index contributed by atoms with van der Waals surface area (Å²) in [6.07, 6.45) is 6.54. The summed E-state index contributed by atoms with van der Waals surface area (Å²) < 4.78 is 15.0.